The number of benzene rings is 1. The second kappa shape index (κ2) is 7.07. The average molecular weight is 295 g/mol. The molecule has 0 aliphatic carbocycles. The van der Waals surface area contributed by atoms with Crippen LogP contribution in [0, 0.1) is 6.92 Å². The van der Waals surface area contributed by atoms with Crippen molar-refractivity contribution in [3.63, 3.8) is 0 Å². The minimum Gasteiger partial charge on any atom is -0.320 e. The third-order valence-electron chi connectivity index (χ3n) is 3.00. The van der Waals surface area contributed by atoms with E-state index < -0.39 is 6.04 Å². The molecule has 20 heavy (non-hydrogen) atoms. The maximum absolute atomic E-state index is 12.0. The molecule has 0 fully saturated rings. The van der Waals surface area contributed by atoms with Crippen molar-refractivity contribution in [2.75, 3.05) is 5.32 Å². The van der Waals surface area contributed by atoms with Crippen LogP contribution in [0.25, 0.3) is 0 Å². The second-order valence-corrected chi connectivity index (χ2v) is 4.58. The number of carbonyl (C=O) groups excluding carboxylic acids is 1. The molecule has 0 aliphatic heterocycles. The molecular formula is C14H19ClN4O. The van der Waals surface area contributed by atoms with Crippen LogP contribution in [0.5, 0.6) is 0 Å². The van der Waals surface area contributed by atoms with Gasteiger partial charge in [-0.3, -0.25) is 9.48 Å². The number of rotatable bonds is 4. The Morgan fingerprint density at radius 2 is 2.05 bits per heavy atom. The topological polar surface area (TPSA) is 72.9 Å². The predicted molar refractivity (Wildman–Crippen MR) is 81.9 cm³/mol. The summed E-state index contributed by atoms with van der Waals surface area (Å²) in [5.41, 5.74) is 7.92. The molecule has 5 nitrogen and oxygen atoms in total. The summed E-state index contributed by atoms with van der Waals surface area (Å²) in [6.45, 7) is 1.92. The molecule has 1 aromatic heterocycles. The van der Waals surface area contributed by atoms with E-state index in [2.05, 4.69) is 10.4 Å². The lowest BCUT2D eigenvalue weighted by atomic mass is 10.1. The number of amides is 1. The fraction of sp³-hybridized carbons (Fsp3) is 0.286. The van der Waals surface area contributed by atoms with Gasteiger partial charge in [0.15, 0.2) is 5.82 Å². The van der Waals surface area contributed by atoms with Gasteiger partial charge < -0.3 is 11.1 Å². The number of nitrogens with one attached hydrogen (secondary N) is 1. The highest BCUT2D eigenvalue weighted by Gasteiger charge is 2.15. The van der Waals surface area contributed by atoms with Gasteiger partial charge in [-0.05, 0) is 18.9 Å². The standard InChI is InChI=1S/C14H18N4O.ClH/c1-10-8-13(17-18(10)2)16-14(19)12(15)9-11-6-4-3-5-7-11;/h3-8,12H,9,15H2,1-2H3,(H,16,17,19);1H. The zero-order valence-corrected chi connectivity index (χ0v) is 12.4. The molecule has 108 valence electrons. The quantitative estimate of drug-likeness (QED) is 0.901. The highest BCUT2D eigenvalue weighted by Crippen LogP contribution is 2.08. The molecule has 1 unspecified atom stereocenters. The Labute approximate surface area is 124 Å². The Morgan fingerprint density at radius 1 is 1.40 bits per heavy atom. The molecular weight excluding hydrogens is 276 g/mol. The molecule has 0 radical (unpaired) electrons. The molecule has 0 aliphatic rings. The van der Waals surface area contributed by atoms with Crippen molar-refractivity contribution in [3.8, 4) is 0 Å². The van der Waals surface area contributed by atoms with Crippen molar-refractivity contribution in [1.29, 1.82) is 0 Å². The molecule has 0 saturated heterocycles. The zero-order chi connectivity index (χ0) is 13.8. The summed E-state index contributed by atoms with van der Waals surface area (Å²) in [4.78, 5) is 12.0. The number of halogens is 1. The van der Waals surface area contributed by atoms with E-state index in [0.717, 1.165) is 11.3 Å². The Morgan fingerprint density at radius 3 is 2.60 bits per heavy atom. The average Bonchev–Trinajstić information content (AvgIpc) is 2.69. The number of aromatic nitrogens is 2. The van der Waals surface area contributed by atoms with Gasteiger partial charge in [-0.1, -0.05) is 30.3 Å². The SMILES string of the molecule is Cc1cc(NC(=O)C(N)Cc2ccccc2)nn1C.Cl. The van der Waals surface area contributed by atoms with Crippen molar-refractivity contribution in [2.24, 2.45) is 12.8 Å². The van der Waals surface area contributed by atoms with Gasteiger partial charge in [0.1, 0.15) is 0 Å². The fourth-order valence-corrected chi connectivity index (χ4v) is 1.80. The minimum atomic E-state index is -0.579. The molecule has 0 bridgehead atoms. The lowest BCUT2D eigenvalue weighted by Crippen LogP contribution is -2.37. The molecule has 0 spiro atoms. The van der Waals surface area contributed by atoms with E-state index in [0.29, 0.717) is 12.2 Å². The molecule has 3 N–H and O–H groups in total. The summed E-state index contributed by atoms with van der Waals surface area (Å²) in [5, 5.41) is 6.90. The lowest BCUT2D eigenvalue weighted by Gasteiger charge is -2.10. The van der Waals surface area contributed by atoms with Gasteiger partial charge in [-0.15, -0.1) is 12.4 Å². The number of hydrogen-bond donors (Lipinski definition) is 2. The van der Waals surface area contributed by atoms with E-state index in [4.69, 9.17) is 5.73 Å². The van der Waals surface area contributed by atoms with Crippen LogP contribution in [0.15, 0.2) is 36.4 Å². The molecule has 6 heteroatoms. The maximum atomic E-state index is 12.0. The smallest absolute Gasteiger partial charge is 0.242 e. The number of nitrogens with zero attached hydrogens (tertiary/aromatic N) is 2. The van der Waals surface area contributed by atoms with E-state index >= 15 is 0 Å². The molecule has 1 atom stereocenters. The maximum Gasteiger partial charge on any atom is 0.242 e. The highest BCUT2D eigenvalue weighted by atomic mass is 35.5. The molecule has 0 saturated carbocycles. The van der Waals surface area contributed by atoms with Crippen molar-refractivity contribution in [2.45, 2.75) is 19.4 Å². The van der Waals surface area contributed by atoms with Crippen molar-refractivity contribution in [3.05, 3.63) is 47.7 Å². The van der Waals surface area contributed by atoms with Gasteiger partial charge in [-0.25, -0.2) is 0 Å². The van der Waals surface area contributed by atoms with Gasteiger partial charge in [0.05, 0.1) is 6.04 Å². The van der Waals surface area contributed by atoms with Gasteiger partial charge in [0.2, 0.25) is 5.91 Å². The number of nitrogens with two attached hydrogens (primary N) is 1. The Kier molecular flexibility index (Phi) is 5.73. The van der Waals surface area contributed by atoms with Crippen LogP contribution in [0.4, 0.5) is 5.82 Å². The molecule has 2 aromatic rings. The molecule has 2 rings (SSSR count). The molecule has 1 aromatic carbocycles. The number of carbonyl (C=O) groups is 1. The van der Waals surface area contributed by atoms with E-state index in [1.807, 2.05) is 50.4 Å². The second-order valence-electron chi connectivity index (χ2n) is 4.58. The van der Waals surface area contributed by atoms with Crippen molar-refractivity contribution in [1.82, 2.24) is 9.78 Å². The summed E-state index contributed by atoms with van der Waals surface area (Å²) in [6, 6.07) is 10.9. The number of hydrogen-bond acceptors (Lipinski definition) is 3. The summed E-state index contributed by atoms with van der Waals surface area (Å²) in [6.07, 6.45) is 0.512. The third kappa shape index (κ3) is 4.08. The van der Waals surface area contributed by atoms with Gasteiger partial charge in [-0.2, -0.15) is 5.10 Å². The van der Waals surface area contributed by atoms with Gasteiger partial charge in [0, 0.05) is 18.8 Å². The summed E-state index contributed by atoms with van der Waals surface area (Å²) in [7, 11) is 1.83. The van der Waals surface area contributed by atoms with Crippen LogP contribution in [-0.4, -0.2) is 21.7 Å². The van der Waals surface area contributed by atoms with E-state index in [1.165, 1.54) is 0 Å². The molecule has 1 amide bonds. The van der Waals surface area contributed by atoms with Crippen LogP contribution in [0.1, 0.15) is 11.3 Å². The first-order valence-corrected chi connectivity index (χ1v) is 6.17. The van der Waals surface area contributed by atoms with Crippen LogP contribution < -0.4 is 11.1 Å². The predicted octanol–water partition coefficient (Wildman–Crippen LogP) is 1.66. The number of anilines is 1. The fourth-order valence-electron chi connectivity index (χ4n) is 1.80. The van der Waals surface area contributed by atoms with E-state index in [-0.39, 0.29) is 18.3 Å². The first kappa shape index (κ1) is 16.2. The number of aryl methyl sites for hydroxylation is 2. The lowest BCUT2D eigenvalue weighted by molar-refractivity contribution is -0.117. The first-order chi connectivity index (χ1) is 9.06. The Balaban J connectivity index is 0.00000200. The third-order valence-corrected chi connectivity index (χ3v) is 3.00. The molecule has 1 heterocycles. The highest BCUT2D eigenvalue weighted by molar-refractivity contribution is 5.94. The summed E-state index contributed by atoms with van der Waals surface area (Å²) < 4.78 is 1.71. The van der Waals surface area contributed by atoms with Crippen LogP contribution in [0.3, 0.4) is 0 Å². The van der Waals surface area contributed by atoms with Crippen LogP contribution >= 0.6 is 12.4 Å². The van der Waals surface area contributed by atoms with E-state index in [1.54, 1.807) is 4.68 Å². The summed E-state index contributed by atoms with van der Waals surface area (Å²) in [5.74, 6) is 0.315. The minimum absolute atomic E-state index is 0. The van der Waals surface area contributed by atoms with Crippen LogP contribution in [-0.2, 0) is 18.3 Å². The zero-order valence-electron chi connectivity index (χ0n) is 11.5. The Bertz CT molecular complexity index is 548. The van der Waals surface area contributed by atoms with Gasteiger partial charge in [0.25, 0.3) is 0 Å². The van der Waals surface area contributed by atoms with Crippen molar-refractivity contribution >= 4 is 24.1 Å². The largest absolute Gasteiger partial charge is 0.320 e. The van der Waals surface area contributed by atoms with Crippen LogP contribution in [0.2, 0.25) is 0 Å². The monoisotopic (exact) mass is 294 g/mol. The first-order valence-electron chi connectivity index (χ1n) is 6.17. The van der Waals surface area contributed by atoms with Crippen molar-refractivity contribution < 1.29 is 4.79 Å². The van der Waals surface area contributed by atoms with Gasteiger partial charge >= 0.3 is 0 Å². The summed E-state index contributed by atoms with van der Waals surface area (Å²) >= 11 is 0. The normalized spacial score (nSPS) is 11.6. The van der Waals surface area contributed by atoms with E-state index in [9.17, 15) is 4.79 Å². The Hall–Kier alpha value is -1.85.